The fourth-order valence-electron chi connectivity index (χ4n) is 1.88. The third-order valence-corrected chi connectivity index (χ3v) is 3.21. The molecule has 0 bridgehead atoms. The molecule has 0 saturated heterocycles. The van der Waals surface area contributed by atoms with Gasteiger partial charge in [0.2, 0.25) is 5.88 Å². The number of hydrogen-bond donors (Lipinski definition) is 0. The normalized spacial score (nSPS) is 10.9. The van der Waals surface area contributed by atoms with Crippen LogP contribution in [0.3, 0.4) is 0 Å². The molecule has 0 radical (unpaired) electrons. The number of aromatic nitrogens is 4. The van der Waals surface area contributed by atoms with Crippen LogP contribution < -0.4 is 4.74 Å². The van der Waals surface area contributed by atoms with E-state index >= 15 is 0 Å². The molecule has 0 saturated carbocycles. The van der Waals surface area contributed by atoms with Crippen molar-refractivity contribution < 1.29 is 4.74 Å². The number of ether oxygens (including phenoxy) is 1. The summed E-state index contributed by atoms with van der Waals surface area (Å²) in [6.07, 6.45) is 3.42. The third-order valence-electron chi connectivity index (χ3n) is 2.90. The van der Waals surface area contributed by atoms with Gasteiger partial charge in [0.25, 0.3) is 0 Å². The second kappa shape index (κ2) is 4.51. The van der Waals surface area contributed by atoms with E-state index in [1.807, 2.05) is 19.2 Å². The summed E-state index contributed by atoms with van der Waals surface area (Å²) < 4.78 is 6.73. The van der Waals surface area contributed by atoms with E-state index in [-0.39, 0.29) is 0 Å². The molecular formula is C13H11ClN4O. The summed E-state index contributed by atoms with van der Waals surface area (Å²) in [5.41, 5.74) is 2.39. The second-order valence-corrected chi connectivity index (χ2v) is 4.49. The Morgan fingerprint density at radius 2 is 2.11 bits per heavy atom. The van der Waals surface area contributed by atoms with Crippen LogP contribution in [0.2, 0.25) is 5.02 Å². The number of nitrogens with zero attached hydrogens (tertiary/aromatic N) is 4. The van der Waals surface area contributed by atoms with Crippen molar-refractivity contribution in [1.29, 1.82) is 0 Å². The molecule has 0 spiro atoms. The zero-order chi connectivity index (χ0) is 13.4. The largest absolute Gasteiger partial charge is 0.481 e. The van der Waals surface area contributed by atoms with Crippen molar-refractivity contribution in [3.05, 3.63) is 35.6 Å². The van der Waals surface area contributed by atoms with Gasteiger partial charge in [0.15, 0.2) is 5.65 Å². The maximum Gasteiger partial charge on any atom is 0.212 e. The minimum atomic E-state index is 0.566. The average molecular weight is 275 g/mol. The highest BCUT2D eigenvalue weighted by molar-refractivity contribution is 6.35. The zero-order valence-electron chi connectivity index (χ0n) is 10.5. The van der Waals surface area contributed by atoms with Crippen LogP contribution in [0.1, 0.15) is 0 Å². The van der Waals surface area contributed by atoms with Crippen LogP contribution >= 0.6 is 11.6 Å². The molecule has 3 aromatic heterocycles. The maximum atomic E-state index is 6.25. The van der Waals surface area contributed by atoms with E-state index in [0.29, 0.717) is 10.9 Å². The van der Waals surface area contributed by atoms with E-state index in [1.165, 1.54) is 0 Å². The van der Waals surface area contributed by atoms with Crippen molar-refractivity contribution in [2.45, 2.75) is 0 Å². The van der Waals surface area contributed by atoms with Crippen LogP contribution in [0.15, 0.2) is 30.6 Å². The highest BCUT2D eigenvalue weighted by Crippen LogP contribution is 2.27. The van der Waals surface area contributed by atoms with E-state index in [9.17, 15) is 0 Å². The van der Waals surface area contributed by atoms with Crippen LogP contribution in [0, 0.1) is 0 Å². The molecular weight excluding hydrogens is 264 g/mol. The Labute approximate surface area is 114 Å². The van der Waals surface area contributed by atoms with Gasteiger partial charge in [-0.3, -0.25) is 4.68 Å². The van der Waals surface area contributed by atoms with Gasteiger partial charge in [0.05, 0.1) is 29.4 Å². The van der Waals surface area contributed by atoms with Gasteiger partial charge >= 0.3 is 0 Å². The molecule has 0 aliphatic rings. The number of aryl methyl sites for hydroxylation is 1. The van der Waals surface area contributed by atoms with E-state index in [1.54, 1.807) is 30.3 Å². The first-order chi connectivity index (χ1) is 9.19. The Balaban J connectivity index is 2.15. The summed E-state index contributed by atoms with van der Waals surface area (Å²) in [4.78, 5) is 8.72. The van der Waals surface area contributed by atoms with Crippen LogP contribution in [-0.2, 0) is 7.05 Å². The lowest BCUT2D eigenvalue weighted by Crippen LogP contribution is -1.94. The van der Waals surface area contributed by atoms with Gasteiger partial charge in [-0.05, 0) is 12.1 Å². The Morgan fingerprint density at radius 1 is 1.26 bits per heavy atom. The predicted octanol–water partition coefficient (Wildman–Crippen LogP) is 2.69. The molecule has 0 aliphatic carbocycles. The smallest absolute Gasteiger partial charge is 0.212 e. The first-order valence-corrected chi connectivity index (χ1v) is 6.05. The molecule has 96 valence electrons. The first-order valence-electron chi connectivity index (χ1n) is 5.67. The monoisotopic (exact) mass is 274 g/mol. The molecule has 6 heteroatoms. The minimum Gasteiger partial charge on any atom is -0.481 e. The summed E-state index contributed by atoms with van der Waals surface area (Å²) in [7, 11) is 3.42. The van der Waals surface area contributed by atoms with Gasteiger partial charge in [0.1, 0.15) is 0 Å². The van der Waals surface area contributed by atoms with Crippen LogP contribution in [-0.4, -0.2) is 26.9 Å². The number of methoxy groups -OCH3 is 1. The molecule has 3 rings (SSSR count). The van der Waals surface area contributed by atoms with Crippen LogP contribution in [0.25, 0.3) is 22.3 Å². The van der Waals surface area contributed by atoms with Crippen LogP contribution in [0.4, 0.5) is 0 Å². The highest BCUT2D eigenvalue weighted by Gasteiger charge is 2.10. The Hall–Kier alpha value is -2.14. The third kappa shape index (κ3) is 2.02. The topological polar surface area (TPSA) is 52.8 Å². The van der Waals surface area contributed by atoms with Crippen molar-refractivity contribution >= 4 is 22.6 Å². The van der Waals surface area contributed by atoms with Gasteiger partial charge < -0.3 is 4.74 Å². The summed E-state index contributed by atoms with van der Waals surface area (Å²) in [5.74, 6) is 0.566. The Morgan fingerprint density at radius 3 is 2.79 bits per heavy atom. The maximum absolute atomic E-state index is 6.25. The first kappa shape index (κ1) is 11.9. The summed E-state index contributed by atoms with van der Waals surface area (Å²) in [6.45, 7) is 0. The number of fused-ring (bicyclic) bond motifs is 1. The van der Waals surface area contributed by atoms with Crippen molar-refractivity contribution in [2.75, 3.05) is 7.11 Å². The van der Waals surface area contributed by atoms with Gasteiger partial charge in [-0.1, -0.05) is 11.6 Å². The fraction of sp³-hybridized carbons (Fsp3) is 0.154. The molecule has 3 aromatic rings. The van der Waals surface area contributed by atoms with E-state index in [2.05, 4.69) is 15.1 Å². The molecule has 0 N–H and O–H groups in total. The molecule has 3 heterocycles. The second-order valence-electron chi connectivity index (χ2n) is 4.08. The summed E-state index contributed by atoms with van der Waals surface area (Å²) in [5, 5.41) is 5.62. The summed E-state index contributed by atoms with van der Waals surface area (Å²) >= 11 is 6.25. The fourth-order valence-corrected chi connectivity index (χ4v) is 2.11. The number of hydrogen-bond acceptors (Lipinski definition) is 4. The molecule has 0 fully saturated rings. The number of pyridine rings is 2. The molecule has 0 unspecified atom stereocenters. The average Bonchev–Trinajstić information content (AvgIpc) is 2.81. The molecule has 5 nitrogen and oxygen atoms in total. The molecule has 0 amide bonds. The van der Waals surface area contributed by atoms with Gasteiger partial charge in [-0.25, -0.2) is 9.97 Å². The van der Waals surface area contributed by atoms with E-state index < -0.39 is 0 Å². The van der Waals surface area contributed by atoms with Crippen molar-refractivity contribution in [3.8, 4) is 17.1 Å². The summed E-state index contributed by atoms with van der Waals surface area (Å²) in [6, 6.07) is 5.50. The zero-order valence-corrected chi connectivity index (χ0v) is 11.2. The molecule has 0 atom stereocenters. The minimum absolute atomic E-state index is 0.566. The highest BCUT2D eigenvalue weighted by atomic mass is 35.5. The lowest BCUT2D eigenvalue weighted by molar-refractivity contribution is 0.398. The standard InChI is InChI=1S/C13H11ClN4O/c1-18-13-9(7-16-18)10(14)5-11(17-13)8-3-4-12(19-2)15-6-8/h3-7H,1-2H3. The van der Waals surface area contributed by atoms with Crippen LogP contribution in [0.5, 0.6) is 5.88 Å². The lowest BCUT2D eigenvalue weighted by Gasteiger charge is -2.04. The Bertz CT molecular complexity index is 736. The van der Waals surface area contributed by atoms with E-state index in [0.717, 1.165) is 22.3 Å². The molecule has 0 aliphatic heterocycles. The number of rotatable bonds is 2. The van der Waals surface area contributed by atoms with Gasteiger partial charge in [-0.2, -0.15) is 5.10 Å². The Kier molecular flexibility index (Phi) is 2.83. The van der Waals surface area contributed by atoms with Crippen molar-refractivity contribution in [1.82, 2.24) is 19.7 Å². The lowest BCUT2D eigenvalue weighted by atomic mass is 10.2. The molecule has 0 aromatic carbocycles. The SMILES string of the molecule is COc1ccc(-c2cc(Cl)c3cnn(C)c3n2)cn1. The van der Waals surface area contributed by atoms with E-state index in [4.69, 9.17) is 16.3 Å². The quantitative estimate of drug-likeness (QED) is 0.721. The number of halogens is 1. The predicted molar refractivity (Wildman–Crippen MR) is 73.3 cm³/mol. The van der Waals surface area contributed by atoms with Crippen molar-refractivity contribution in [3.63, 3.8) is 0 Å². The molecule has 19 heavy (non-hydrogen) atoms. The van der Waals surface area contributed by atoms with Gasteiger partial charge in [0, 0.05) is 24.9 Å². The van der Waals surface area contributed by atoms with Gasteiger partial charge in [-0.15, -0.1) is 0 Å². The van der Waals surface area contributed by atoms with Crippen molar-refractivity contribution in [2.24, 2.45) is 7.05 Å².